The van der Waals surface area contributed by atoms with Gasteiger partial charge in [-0.2, -0.15) is 0 Å². The van der Waals surface area contributed by atoms with Gasteiger partial charge in [0, 0.05) is 6.42 Å². The maximum absolute atomic E-state index is 12.2. The molecule has 0 aliphatic carbocycles. The first-order valence-corrected chi connectivity index (χ1v) is 12.4. The van der Waals surface area contributed by atoms with Crippen LogP contribution in [-0.2, 0) is 9.09 Å². The van der Waals surface area contributed by atoms with E-state index in [1.807, 2.05) is 0 Å². The van der Waals surface area contributed by atoms with Crippen molar-refractivity contribution in [3.63, 3.8) is 0 Å². The summed E-state index contributed by atoms with van der Waals surface area (Å²) < 4.78 is 38.5. The second-order valence-electron chi connectivity index (χ2n) is 7.49. The van der Waals surface area contributed by atoms with Crippen LogP contribution in [0.5, 0.6) is 0 Å². The number of nitrogens with zero attached hydrogens (tertiary/aromatic N) is 1. The van der Waals surface area contributed by atoms with Gasteiger partial charge < -0.3 is 18.8 Å². The van der Waals surface area contributed by atoms with Gasteiger partial charge in [0.15, 0.2) is 0 Å². The number of alkyl halides is 2. The molecule has 0 aliphatic rings. The van der Waals surface area contributed by atoms with Crippen molar-refractivity contribution in [2.24, 2.45) is 0 Å². The molecule has 2 atom stereocenters. The Balaban J connectivity index is 0. The van der Waals surface area contributed by atoms with Gasteiger partial charge in [-0.15, -0.1) is 0 Å². The van der Waals surface area contributed by atoms with Gasteiger partial charge in [0.2, 0.25) is 0 Å². The van der Waals surface area contributed by atoms with E-state index in [2.05, 4.69) is 32.2 Å². The van der Waals surface area contributed by atoms with Crippen molar-refractivity contribution < 1.29 is 32.1 Å². The quantitative estimate of drug-likeness (QED) is 0.255. The minimum atomic E-state index is -4.86. The molecule has 0 spiro atoms. The van der Waals surface area contributed by atoms with Gasteiger partial charge in [0.25, 0.3) is 7.82 Å². The Morgan fingerprint density at radius 3 is 1.54 bits per heavy atom. The summed E-state index contributed by atoms with van der Waals surface area (Å²) in [6.45, 7) is 13.3. The molecule has 0 aromatic carbocycles. The first-order chi connectivity index (χ1) is 13.2. The van der Waals surface area contributed by atoms with Crippen LogP contribution in [0.3, 0.4) is 0 Å². The number of halogens is 2. The van der Waals surface area contributed by atoms with Crippen LogP contribution in [0.1, 0.15) is 85.5 Å². The lowest BCUT2D eigenvalue weighted by Crippen LogP contribution is -2.50. The lowest BCUT2D eigenvalue weighted by molar-refractivity contribution is -0.929. The molecule has 5 nitrogen and oxygen atoms in total. The molecular weight excluding hydrogens is 387 g/mol. The van der Waals surface area contributed by atoms with Gasteiger partial charge in [0.1, 0.15) is 6.17 Å². The first kappa shape index (κ1) is 30.1. The Bertz CT molecular complexity index is 346. The predicted octanol–water partition coefficient (Wildman–Crippen LogP) is 5.17. The van der Waals surface area contributed by atoms with Gasteiger partial charge in [0.05, 0.1) is 39.5 Å². The minimum absolute atomic E-state index is 0.431. The van der Waals surface area contributed by atoms with Gasteiger partial charge in [-0.1, -0.05) is 53.4 Å². The van der Waals surface area contributed by atoms with Crippen LogP contribution < -0.4 is 4.89 Å². The van der Waals surface area contributed by atoms with Crippen LogP contribution in [0.4, 0.5) is 8.78 Å². The number of unbranched alkanes of at least 4 members (excludes halogenated alkanes) is 4. The van der Waals surface area contributed by atoms with Crippen molar-refractivity contribution in [1.29, 1.82) is 0 Å². The Morgan fingerprint density at radius 1 is 0.929 bits per heavy atom. The fourth-order valence-electron chi connectivity index (χ4n) is 3.02. The van der Waals surface area contributed by atoms with E-state index in [4.69, 9.17) is 4.89 Å². The summed E-state index contributed by atoms with van der Waals surface area (Å²) in [7, 11) is -4.86. The van der Waals surface area contributed by atoms with Crippen molar-refractivity contribution in [2.75, 3.05) is 39.5 Å². The Kier molecular flexibility index (Phi) is 20.4. The van der Waals surface area contributed by atoms with E-state index in [1.165, 1.54) is 82.0 Å². The van der Waals surface area contributed by atoms with Crippen LogP contribution in [0.15, 0.2) is 0 Å². The number of rotatable bonds is 17. The van der Waals surface area contributed by atoms with Crippen LogP contribution >= 0.6 is 7.82 Å². The third-order valence-corrected chi connectivity index (χ3v) is 5.26. The Labute approximate surface area is 171 Å². The molecule has 0 amide bonds. The van der Waals surface area contributed by atoms with Crippen LogP contribution in [0.25, 0.3) is 0 Å². The number of hydrogen-bond donors (Lipinski definition) is 1. The Hall–Kier alpha value is -0.0700. The maximum Gasteiger partial charge on any atom is 0.265 e. The highest BCUT2D eigenvalue weighted by Gasteiger charge is 2.24. The first-order valence-electron chi connectivity index (χ1n) is 10.9. The molecule has 0 radical (unpaired) electrons. The highest BCUT2D eigenvalue weighted by atomic mass is 31.2. The summed E-state index contributed by atoms with van der Waals surface area (Å²) in [5, 5.41) is 0. The molecule has 0 rings (SSSR count). The molecule has 8 heteroatoms. The van der Waals surface area contributed by atoms with E-state index in [9.17, 15) is 18.2 Å². The van der Waals surface area contributed by atoms with E-state index in [0.717, 1.165) is 0 Å². The smallest absolute Gasteiger partial charge is 0.265 e. The molecule has 0 heterocycles. The van der Waals surface area contributed by atoms with Gasteiger partial charge in [-0.05, 0) is 25.7 Å². The normalized spacial score (nSPS) is 14.9. The SMILES string of the molecule is CCCC[N+](CCCC)(CCCC)CCCC.O=P([O-])(O)OCC(F)CCF. The molecule has 0 saturated heterocycles. The zero-order valence-electron chi connectivity index (χ0n) is 18.5. The maximum atomic E-state index is 12.2. The summed E-state index contributed by atoms with van der Waals surface area (Å²) in [6, 6.07) is 0. The largest absolute Gasteiger partial charge is 0.756 e. The van der Waals surface area contributed by atoms with Crippen molar-refractivity contribution in [2.45, 2.75) is 91.7 Å². The molecule has 0 aromatic rings. The molecular formula is C20H44F2NO4P. The van der Waals surface area contributed by atoms with Crippen molar-refractivity contribution >= 4 is 7.82 Å². The summed E-state index contributed by atoms with van der Waals surface area (Å²) >= 11 is 0. The molecule has 172 valence electrons. The number of quaternary nitrogens is 1. The van der Waals surface area contributed by atoms with Crippen molar-refractivity contribution in [3.8, 4) is 0 Å². The van der Waals surface area contributed by atoms with Crippen LogP contribution in [0, 0.1) is 0 Å². The standard InChI is InChI=1S/C16H36N.C4H9F2O4P/c1-5-9-13-17(14-10-6-2,15-11-7-3)16-12-8-4;5-2-1-4(6)3-10-11(7,8)9/h5-16H2,1-4H3;4H,1-3H2,(H2,7,8,9)/q+1;/p-1. The summed E-state index contributed by atoms with van der Waals surface area (Å²) in [5.74, 6) is 0. The monoisotopic (exact) mass is 431 g/mol. The van der Waals surface area contributed by atoms with Crippen molar-refractivity contribution in [1.82, 2.24) is 0 Å². The van der Waals surface area contributed by atoms with E-state index in [0.29, 0.717) is 0 Å². The number of phosphoric ester groups is 1. The van der Waals surface area contributed by atoms with E-state index in [1.54, 1.807) is 0 Å². The molecule has 0 bridgehead atoms. The zero-order valence-corrected chi connectivity index (χ0v) is 19.4. The predicted molar refractivity (Wildman–Crippen MR) is 111 cm³/mol. The average molecular weight is 432 g/mol. The second-order valence-corrected chi connectivity index (χ2v) is 8.68. The van der Waals surface area contributed by atoms with Gasteiger partial charge >= 0.3 is 0 Å². The van der Waals surface area contributed by atoms with Gasteiger partial charge in [-0.3, -0.25) is 8.96 Å². The fourth-order valence-corrected chi connectivity index (χ4v) is 3.37. The molecule has 1 N–H and O–H groups in total. The third-order valence-electron chi connectivity index (χ3n) is 4.78. The lowest BCUT2D eigenvalue weighted by Gasteiger charge is -2.39. The summed E-state index contributed by atoms with van der Waals surface area (Å²) in [5.41, 5.74) is 0. The van der Waals surface area contributed by atoms with E-state index < -0.39 is 33.7 Å². The average Bonchev–Trinajstić information content (AvgIpc) is 2.65. The highest BCUT2D eigenvalue weighted by Crippen LogP contribution is 2.30. The zero-order chi connectivity index (χ0) is 21.9. The van der Waals surface area contributed by atoms with Crippen LogP contribution in [-0.4, -0.2) is 55.0 Å². The topological polar surface area (TPSA) is 69.6 Å². The van der Waals surface area contributed by atoms with Gasteiger partial charge in [-0.25, -0.2) is 4.39 Å². The van der Waals surface area contributed by atoms with Crippen LogP contribution in [0.2, 0.25) is 0 Å². The summed E-state index contributed by atoms with van der Waals surface area (Å²) in [4.78, 5) is 17.8. The highest BCUT2D eigenvalue weighted by molar-refractivity contribution is 7.44. The molecule has 0 fully saturated rings. The minimum Gasteiger partial charge on any atom is -0.756 e. The lowest BCUT2D eigenvalue weighted by atomic mass is 10.1. The van der Waals surface area contributed by atoms with E-state index >= 15 is 0 Å². The fraction of sp³-hybridized carbons (Fsp3) is 1.00. The number of hydrogen-bond acceptors (Lipinski definition) is 3. The number of phosphoric acid groups is 1. The van der Waals surface area contributed by atoms with Crippen molar-refractivity contribution in [3.05, 3.63) is 0 Å². The molecule has 0 aromatic heterocycles. The second kappa shape index (κ2) is 18.9. The third kappa shape index (κ3) is 19.3. The molecule has 2 unspecified atom stereocenters. The van der Waals surface area contributed by atoms with E-state index in [-0.39, 0.29) is 0 Å². The summed E-state index contributed by atoms with van der Waals surface area (Å²) in [6.07, 6.45) is 8.93. The molecule has 0 saturated carbocycles. The molecule has 28 heavy (non-hydrogen) atoms. The Morgan fingerprint density at radius 2 is 1.29 bits per heavy atom. The molecule has 0 aliphatic heterocycles.